The second-order valence-electron chi connectivity index (χ2n) is 4.19. The first-order valence-corrected chi connectivity index (χ1v) is 4.81. The van der Waals surface area contributed by atoms with Crippen molar-refractivity contribution in [3.63, 3.8) is 0 Å². The average molecular weight is 194 g/mol. The molecule has 0 aromatic carbocycles. The molecule has 2 aliphatic carbocycles. The minimum Gasteiger partial charge on any atom is -0.475 e. The SMILES string of the molecule is O=C(O)c1noc(C2CC3CC3C2)n1. The van der Waals surface area contributed by atoms with Crippen LogP contribution < -0.4 is 0 Å². The Hall–Kier alpha value is -1.39. The molecule has 1 aromatic rings. The maximum absolute atomic E-state index is 10.5. The lowest BCUT2D eigenvalue weighted by atomic mass is 10.0. The molecule has 1 N–H and O–H groups in total. The van der Waals surface area contributed by atoms with E-state index in [9.17, 15) is 4.79 Å². The van der Waals surface area contributed by atoms with Crippen molar-refractivity contribution in [1.29, 1.82) is 0 Å². The van der Waals surface area contributed by atoms with Crippen LogP contribution in [0.5, 0.6) is 0 Å². The Bertz CT molecular complexity index is 377. The number of nitrogens with zero attached hydrogens (tertiary/aromatic N) is 2. The van der Waals surface area contributed by atoms with Crippen LogP contribution in [-0.4, -0.2) is 21.2 Å². The fourth-order valence-corrected chi connectivity index (χ4v) is 2.40. The summed E-state index contributed by atoms with van der Waals surface area (Å²) >= 11 is 0. The van der Waals surface area contributed by atoms with Gasteiger partial charge in [-0.3, -0.25) is 0 Å². The van der Waals surface area contributed by atoms with Gasteiger partial charge >= 0.3 is 5.97 Å². The quantitative estimate of drug-likeness (QED) is 0.767. The molecule has 14 heavy (non-hydrogen) atoms. The maximum Gasteiger partial charge on any atom is 0.377 e. The fourth-order valence-electron chi connectivity index (χ4n) is 2.40. The molecule has 3 rings (SSSR count). The molecule has 5 nitrogen and oxygen atoms in total. The Morgan fingerprint density at radius 3 is 2.64 bits per heavy atom. The lowest BCUT2D eigenvalue weighted by Gasteiger charge is -2.03. The number of fused-ring (bicyclic) bond motifs is 1. The average Bonchev–Trinajstić information content (AvgIpc) is 2.69. The second kappa shape index (κ2) is 2.56. The van der Waals surface area contributed by atoms with Gasteiger partial charge in [0.05, 0.1) is 0 Å². The van der Waals surface area contributed by atoms with Crippen molar-refractivity contribution >= 4 is 5.97 Å². The number of hydrogen-bond donors (Lipinski definition) is 1. The van der Waals surface area contributed by atoms with Gasteiger partial charge in [0, 0.05) is 5.92 Å². The Morgan fingerprint density at radius 2 is 2.07 bits per heavy atom. The summed E-state index contributed by atoms with van der Waals surface area (Å²) in [5.74, 6) is 1.14. The lowest BCUT2D eigenvalue weighted by Crippen LogP contribution is -2.00. The Kier molecular flexibility index (Phi) is 1.45. The minimum absolute atomic E-state index is 0.222. The van der Waals surface area contributed by atoms with E-state index in [-0.39, 0.29) is 5.82 Å². The summed E-state index contributed by atoms with van der Waals surface area (Å²) in [6.07, 6.45) is 3.51. The third-order valence-corrected chi connectivity index (χ3v) is 3.23. The molecule has 2 aliphatic rings. The Balaban J connectivity index is 1.79. The van der Waals surface area contributed by atoms with E-state index in [2.05, 4.69) is 10.1 Å². The molecule has 2 fully saturated rings. The summed E-state index contributed by atoms with van der Waals surface area (Å²) in [5, 5.41) is 12.0. The number of rotatable bonds is 2. The van der Waals surface area contributed by atoms with Gasteiger partial charge in [0.2, 0.25) is 5.89 Å². The molecule has 2 unspecified atom stereocenters. The summed E-state index contributed by atoms with van der Waals surface area (Å²) in [6.45, 7) is 0. The maximum atomic E-state index is 10.5. The number of aromatic carboxylic acids is 1. The zero-order chi connectivity index (χ0) is 9.71. The minimum atomic E-state index is -1.12. The van der Waals surface area contributed by atoms with E-state index < -0.39 is 5.97 Å². The molecule has 5 heteroatoms. The largest absolute Gasteiger partial charge is 0.475 e. The van der Waals surface area contributed by atoms with Gasteiger partial charge in [0.25, 0.3) is 5.82 Å². The van der Waals surface area contributed by atoms with Crippen LogP contribution in [0, 0.1) is 11.8 Å². The van der Waals surface area contributed by atoms with Crippen molar-refractivity contribution in [3.8, 4) is 0 Å². The normalized spacial score (nSPS) is 34.1. The molecule has 2 saturated carbocycles. The molecule has 0 saturated heterocycles. The van der Waals surface area contributed by atoms with E-state index in [0.29, 0.717) is 11.8 Å². The smallest absolute Gasteiger partial charge is 0.377 e. The standard InChI is InChI=1S/C9H10N2O3/c12-9(13)7-10-8(14-11-7)6-2-4-1-5(4)3-6/h4-6H,1-3H2,(H,12,13). The number of aromatic nitrogens is 2. The summed E-state index contributed by atoms with van der Waals surface area (Å²) in [6, 6.07) is 0. The van der Waals surface area contributed by atoms with Crippen LogP contribution in [0.4, 0.5) is 0 Å². The first kappa shape index (κ1) is 7.96. The predicted octanol–water partition coefficient (Wildman–Crippen LogP) is 1.28. The molecule has 0 amide bonds. The molecule has 2 atom stereocenters. The number of carbonyl (C=O) groups is 1. The highest BCUT2D eigenvalue weighted by Gasteiger charge is 2.47. The highest BCUT2D eigenvalue weighted by molar-refractivity contribution is 5.82. The van der Waals surface area contributed by atoms with Crippen LogP contribution in [0.3, 0.4) is 0 Å². The number of hydrogen-bond acceptors (Lipinski definition) is 4. The summed E-state index contributed by atoms with van der Waals surface area (Å²) < 4.78 is 4.94. The van der Waals surface area contributed by atoms with E-state index in [0.717, 1.165) is 24.7 Å². The van der Waals surface area contributed by atoms with Gasteiger partial charge in [-0.05, 0) is 36.3 Å². The van der Waals surface area contributed by atoms with Gasteiger partial charge in [0.15, 0.2) is 0 Å². The summed E-state index contributed by atoms with van der Waals surface area (Å²) in [4.78, 5) is 14.4. The van der Waals surface area contributed by atoms with Crippen LogP contribution in [0.25, 0.3) is 0 Å². The van der Waals surface area contributed by atoms with E-state index in [1.165, 1.54) is 6.42 Å². The zero-order valence-corrected chi connectivity index (χ0v) is 7.51. The second-order valence-corrected chi connectivity index (χ2v) is 4.19. The highest BCUT2D eigenvalue weighted by atomic mass is 16.5. The van der Waals surface area contributed by atoms with Crippen molar-refractivity contribution in [1.82, 2.24) is 10.1 Å². The first-order chi connectivity index (χ1) is 6.74. The van der Waals surface area contributed by atoms with Crippen LogP contribution in [0.1, 0.15) is 41.7 Å². The highest BCUT2D eigenvalue weighted by Crippen LogP contribution is 2.57. The van der Waals surface area contributed by atoms with Crippen LogP contribution in [0.15, 0.2) is 4.52 Å². The van der Waals surface area contributed by atoms with Gasteiger partial charge < -0.3 is 9.63 Å². The van der Waals surface area contributed by atoms with E-state index in [1.807, 2.05) is 0 Å². The fraction of sp³-hybridized carbons (Fsp3) is 0.667. The monoisotopic (exact) mass is 194 g/mol. The van der Waals surface area contributed by atoms with Crippen LogP contribution in [0.2, 0.25) is 0 Å². The molecule has 74 valence electrons. The van der Waals surface area contributed by atoms with Gasteiger partial charge in [0.1, 0.15) is 0 Å². The molecule has 0 radical (unpaired) electrons. The topological polar surface area (TPSA) is 76.2 Å². The van der Waals surface area contributed by atoms with Crippen LogP contribution in [-0.2, 0) is 0 Å². The molecule has 0 aliphatic heterocycles. The Morgan fingerprint density at radius 1 is 1.36 bits per heavy atom. The van der Waals surface area contributed by atoms with Gasteiger partial charge in [-0.15, -0.1) is 0 Å². The number of carboxylic acid groups (broad SMARTS) is 1. The van der Waals surface area contributed by atoms with Crippen molar-refractivity contribution in [2.45, 2.75) is 25.2 Å². The molecule has 0 bridgehead atoms. The lowest BCUT2D eigenvalue weighted by molar-refractivity contribution is 0.0680. The van der Waals surface area contributed by atoms with Crippen molar-refractivity contribution < 1.29 is 14.4 Å². The van der Waals surface area contributed by atoms with E-state index >= 15 is 0 Å². The Labute approximate surface area is 80.1 Å². The van der Waals surface area contributed by atoms with E-state index in [1.54, 1.807) is 0 Å². The molecule has 1 heterocycles. The van der Waals surface area contributed by atoms with Crippen molar-refractivity contribution in [2.24, 2.45) is 11.8 Å². The predicted molar refractivity (Wildman–Crippen MR) is 44.8 cm³/mol. The number of carboxylic acids is 1. The molecular weight excluding hydrogens is 184 g/mol. The third-order valence-electron chi connectivity index (χ3n) is 3.23. The van der Waals surface area contributed by atoms with Crippen molar-refractivity contribution in [2.75, 3.05) is 0 Å². The summed E-state index contributed by atoms with van der Waals surface area (Å²) in [7, 11) is 0. The van der Waals surface area contributed by atoms with E-state index in [4.69, 9.17) is 9.63 Å². The molecule has 1 aromatic heterocycles. The molecular formula is C9H10N2O3. The first-order valence-electron chi connectivity index (χ1n) is 4.81. The summed E-state index contributed by atoms with van der Waals surface area (Å²) in [5.41, 5.74) is 0. The van der Waals surface area contributed by atoms with Gasteiger partial charge in [-0.25, -0.2) is 4.79 Å². The van der Waals surface area contributed by atoms with Crippen LogP contribution >= 0.6 is 0 Å². The zero-order valence-electron chi connectivity index (χ0n) is 7.51. The van der Waals surface area contributed by atoms with Crippen molar-refractivity contribution in [3.05, 3.63) is 11.7 Å². The third kappa shape index (κ3) is 1.12. The van der Waals surface area contributed by atoms with Gasteiger partial charge in [-0.1, -0.05) is 0 Å². The molecule has 0 spiro atoms. The van der Waals surface area contributed by atoms with Gasteiger partial charge in [-0.2, -0.15) is 4.98 Å².